The fourth-order valence-corrected chi connectivity index (χ4v) is 3.56. The highest BCUT2D eigenvalue weighted by molar-refractivity contribution is 5.81. The lowest BCUT2D eigenvalue weighted by Crippen LogP contribution is -2.05. The minimum Gasteiger partial charge on any atom is -0.370 e. The second-order valence-electron chi connectivity index (χ2n) is 7.99. The first-order valence-corrected chi connectivity index (χ1v) is 11.9. The third kappa shape index (κ3) is 23.1. The van der Waals surface area contributed by atoms with E-state index < -0.39 is 5.97 Å². The van der Waals surface area contributed by atoms with Crippen molar-refractivity contribution in [2.75, 3.05) is 0 Å². The van der Waals surface area contributed by atoms with E-state index in [4.69, 9.17) is 5.90 Å². The molecule has 0 spiro atoms. The molecule has 3 heteroatoms. The Labute approximate surface area is 169 Å². The van der Waals surface area contributed by atoms with E-state index in [1.807, 2.05) is 6.08 Å². The zero-order valence-corrected chi connectivity index (χ0v) is 18.2. The number of nitrogens with two attached hydrogens (primary N) is 1. The van der Waals surface area contributed by atoms with Gasteiger partial charge in [0.25, 0.3) is 0 Å². The molecule has 0 unspecified atom stereocenters. The van der Waals surface area contributed by atoms with Crippen LogP contribution in [0.25, 0.3) is 0 Å². The van der Waals surface area contributed by atoms with Crippen LogP contribution in [0.2, 0.25) is 0 Å². The molecule has 0 saturated heterocycles. The summed E-state index contributed by atoms with van der Waals surface area (Å²) < 4.78 is 0. The summed E-state index contributed by atoms with van der Waals surface area (Å²) in [6.07, 6.45) is 30.7. The molecule has 0 amide bonds. The molecule has 0 aromatic heterocycles. The van der Waals surface area contributed by atoms with E-state index in [1.54, 1.807) is 0 Å². The van der Waals surface area contributed by atoms with Crippen LogP contribution < -0.4 is 5.90 Å². The summed E-state index contributed by atoms with van der Waals surface area (Å²) in [6.45, 7) is 2.29. The summed E-state index contributed by atoms with van der Waals surface area (Å²) in [5.41, 5.74) is 0. The van der Waals surface area contributed by atoms with Crippen LogP contribution in [-0.2, 0) is 9.63 Å². The summed E-state index contributed by atoms with van der Waals surface area (Å²) >= 11 is 0. The topological polar surface area (TPSA) is 52.3 Å². The van der Waals surface area contributed by atoms with Crippen molar-refractivity contribution >= 4 is 5.97 Å². The number of hydrogen-bond acceptors (Lipinski definition) is 3. The third-order valence-electron chi connectivity index (χ3n) is 5.34. The molecular formula is C24H47NO2. The summed E-state index contributed by atoms with van der Waals surface area (Å²) in [7, 11) is 0. The predicted molar refractivity (Wildman–Crippen MR) is 117 cm³/mol. The second-order valence-corrected chi connectivity index (χ2v) is 7.99. The number of hydrogen-bond donors (Lipinski definition) is 1. The average molecular weight is 382 g/mol. The highest BCUT2D eigenvalue weighted by Crippen LogP contribution is 2.14. The van der Waals surface area contributed by atoms with E-state index in [9.17, 15) is 4.79 Å². The van der Waals surface area contributed by atoms with Crippen molar-refractivity contribution < 1.29 is 9.63 Å². The van der Waals surface area contributed by atoms with Gasteiger partial charge in [-0.15, -0.1) is 0 Å². The van der Waals surface area contributed by atoms with Gasteiger partial charge in [-0.3, -0.25) is 0 Å². The molecule has 0 aromatic carbocycles. The first-order valence-electron chi connectivity index (χ1n) is 11.9. The molecule has 0 radical (unpaired) electrons. The van der Waals surface area contributed by atoms with Gasteiger partial charge in [0.1, 0.15) is 0 Å². The fraction of sp³-hybridized carbons (Fsp3) is 0.875. The lowest BCUT2D eigenvalue weighted by molar-refractivity contribution is -0.138. The van der Waals surface area contributed by atoms with Crippen molar-refractivity contribution in [2.24, 2.45) is 5.90 Å². The van der Waals surface area contributed by atoms with Crippen LogP contribution in [0, 0.1) is 0 Å². The number of allylic oxidation sites excluding steroid dienone is 1. The Morgan fingerprint density at radius 3 is 1.30 bits per heavy atom. The van der Waals surface area contributed by atoms with E-state index in [1.165, 1.54) is 122 Å². The van der Waals surface area contributed by atoms with E-state index in [0.717, 1.165) is 12.8 Å². The molecule has 0 aliphatic carbocycles. The van der Waals surface area contributed by atoms with Crippen LogP contribution >= 0.6 is 0 Å². The summed E-state index contributed by atoms with van der Waals surface area (Å²) in [6, 6.07) is 0. The standard InChI is InChI=1S/C24H47NO2/c1-2-3-4-5-6-7-8-9-10-11-12-13-14-15-16-17-18-19-20-21-22-23-24(26)27-25/h22-23H,2-21,25H2,1H3/b23-22+. The minimum atomic E-state index is -0.465. The fourth-order valence-electron chi connectivity index (χ4n) is 3.56. The van der Waals surface area contributed by atoms with Crippen LogP contribution in [-0.4, -0.2) is 5.97 Å². The summed E-state index contributed by atoms with van der Waals surface area (Å²) in [4.78, 5) is 14.8. The average Bonchev–Trinajstić information content (AvgIpc) is 2.68. The molecule has 0 aliphatic heterocycles. The van der Waals surface area contributed by atoms with Gasteiger partial charge in [-0.25, -0.2) is 4.79 Å². The molecule has 0 saturated carbocycles. The number of carbonyl (C=O) groups is 1. The quantitative estimate of drug-likeness (QED) is 0.125. The van der Waals surface area contributed by atoms with Gasteiger partial charge in [-0.2, -0.15) is 5.90 Å². The zero-order valence-electron chi connectivity index (χ0n) is 18.2. The predicted octanol–water partition coefficient (Wildman–Crippen LogP) is 7.78. The van der Waals surface area contributed by atoms with Crippen molar-refractivity contribution in [2.45, 2.75) is 135 Å². The van der Waals surface area contributed by atoms with Gasteiger partial charge in [-0.1, -0.05) is 129 Å². The first-order chi connectivity index (χ1) is 13.3. The van der Waals surface area contributed by atoms with Gasteiger partial charge in [-0.05, 0) is 12.8 Å². The van der Waals surface area contributed by atoms with Crippen LogP contribution in [0.3, 0.4) is 0 Å². The largest absolute Gasteiger partial charge is 0.370 e. The van der Waals surface area contributed by atoms with Crippen LogP contribution in [0.5, 0.6) is 0 Å². The van der Waals surface area contributed by atoms with Gasteiger partial charge < -0.3 is 4.84 Å². The van der Waals surface area contributed by atoms with Gasteiger partial charge >= 0.3 is 5.97 Å². The summed E-state index contributed by atoms with van der Waals surface area (Å²) in [5.74, 6) is 4.30. The Morgan fingerprint density at radius 2 is 0.963 bits per heavy atom. The van der Waals surface area contributed by atoms with E-state index in [0.29, 0.717) is 0 Å². The zero-order chi connectivity index (χ0) is 19.8. The smallest absolute Gasteiger partial charge is 0.348 e. The molecule has 0 rings (SSSR count). The molecular weight excluding hydrogens is 334 g/mol. The molecule has 0 atom stereocenters. The van der Waals surface area contributed by atoms with Crippen molar-refractivity contribution in [1.29, 1.82) is 0 Å². The maximum Gasteiger partial charge on any atom is 0.348 e. The molecule has 3 nitrogen and oxygen atoms in total. The minimum absolute atomic E-state index is 0.465. The van der Waals surface area contributed by atoms with E-state index in [2.05, 4.69) is 11.8 Å². The SMILES string of the molecule is CCCCCCCCCCCCCCCCCCCCC/C=C/C(=O)ON. The van der Waals surface area contributed by atoms with Gasteiger partial charge in [0, 0.05) is 6.08 Å². The van der Waals surface area contributed by atoms with E-state index >= 15 is 0 Å². The normalized spacial score (nSPS) is 11.3. The van der Waals surface area contributed by atoms with Crippen molar-refractivity contribution in [3.8, 4) is 0 Å². The number of carbonyl (C=O) groups excluding carboxylic acids is 1. The Morgan fingerprint density at radius 1 is 0.630 bits per heavy atom. The van der Waals surface area contributed by atoms with E-state index in [-0.39, 0.29) is 0 Å². The molecule has 160 valence electrons. The van der Waals surface area contributed by atoms with Crippen molar-refractivity contribution in [3.63, 3.8) is 0 Å². The maximum atomic E-state index is 10.8. The maximum absolute atomic E-state index is 10.8. The Hall–Kier alpha value is -0.830. The second kappa shape index (κ2) is 23.2. The van der Waals surface area contributed by atoms with Gasteiger partial charge in [0.05, 0.1) is 0 Å². The third-order valence-corrected chi connectivity index (χ3v) is 5.34. The van der Waals surface area contributed by atoms with Crippen LogP contribution in [0.15, 0.2) is 12.2 Å². The van der Waals surface area contributed by atoms with Crippen LogP contribution in [0.1, 0.15) is 135 Å². The number of rotatable bonds is 21. The number of unbranched alkanes of at least 4 members (excludes halogenated alkanes) is 19. The highest BCUT2D eigenvalue weighted by Gasteiger charge is 1.95. The molecule has 0 aliphatic rings. The highest BCUT2D eigenvalue weighted by atomic mass is 16.7. The monoisotopic (exact) mass is 381 g/mol. The Bertz CT molecular complexity index is 328. The summed E-state index contributed by atoms with van der Waals surface area (Å²) in [5, 5.41) is 0. The molecule has 0 fully saturated rings. The molecule has 0 bridgehead atoms. The van der Waals surface area contributed by atoms with Crippen molar-refractivity contribution in [3.05, 3.63) is 12.2 Å². The molecule has 0 aromatic rings. The van der Waals surface area contributed by atoms with Crippen LogP contribution in [0.4, 0.5) is 0 Å². The lowest BCUT2D eigenvalue weighted by atomic mass is 10.0. The van der Waals surface area contributed by atoms with Gasteiger partial charge in [0.15, 0.2) is 0 Å². The van der Waals surface area contributed by atoms with Gasteiger partial charge in [0.2, 0.25) is 0 Å². The molecule has 0 heterocycles. The molecule has 27 heavy (non-hydrogen) atoms. The molecule has 2 N–H and O–H groups in total. The lowest BCUT2D eigenvalue weighted by Gasteiger charge is -2.03. The Kier molecular flexibility index (Phi) is 22.5. The first kappa shape index (κ1) is 26.2. The van der Waals surface area contributed by atoms with Crippen molar-refractivity contribution in [1.82, 2.24) is 0 Å². The Balaban J connectivity index is 3.05.